The van der Waals surface area contributed by atoms with Crippen LogP contribution >= 0.6 is 0 Å². The molecule has 2 aromatic rings. The molecule has 2 N–H and O–H groups in total. The lowest BCUT2D eigenvalue weighted by Crippen LogP contribution is -2.40. The summed E-state index contributed by atoms with van der Waals surface area (Å²) < 4.78 is 16.6. The molecule has 6 nitrogen and oxygen atoms in total. The first-order valence-corrected chi connectivity index (χ1v) is 11.0. The smallest absolute Gasteiger partial charge is 0.341 e. The maximum absolute atomic E-state index is 15.4. The average Bonchev–Trinajstić information content (AvgIpc) is 3.41. The third-order valence-electron chi connectivity index (χ3n) is 7.23. The van der Waals surface area contributed by atoms with Crippen molar-refractivity contribution in [1.82, 2.24) is 9.72 Å². The van der Waals surface area contributed by atoms with Crippen LogP contribution in [0, 0.1) is 24.6 Å². The Bertz CT molecular complexity index is 1070. The number of aromatic carboxylic acids is 1. The van der Waals surface area contributed by atoms with Crippen molar-refractivity contribution in [2.75, 3.05) is 31.1 Å². The number of carbonyl (C=O) groups is 1. The largest absolute Gasteiger partial charge is 0.477 e. The van der Waals surface area contributed by atoms with E-state index < -0.39 is 17.3 Å². The van der Waals surface area contributed by atoms with Crippen LogP contribution in [0.15, 0.2) is 17.1 Å². The van der Waals surface area contributed by atoms with Crippen molar-refractivity contribution in [2.24, 2.45) is 11.8 Å². The number of piperidine rings is 1. The van der Waals surface area contributed by atoms with Crippen molar-refractivity contribution in [2.45, 2.75) is 44.9 Å². The van der Waals surface area contributed by atoms with Crippen LogP contribution in [-0.2, 0) is 0 Å². The molecule has 0 bridgehead atoms. The molecule has 2 saturated heterocycles. The van der Waals surface area contributed by atoms with Gasteiger partial charge in [0.05, 0.1) is 17.4 Å². The molecule has 7 heteroatoms. The van der Waals surface area contributed by atoms with Crippen LogP contribution in [0.1, 0.15) is 59.5 Å². The Morgan fingerprint density at radius 3 is 2.70 bits per heavy atom. The SMILES string of the molecule is Cc1c(N2CCC[C@@H](C3CCNC3)C2)c(F)cn2c(=O)c(C(=O)O)cc(C3CC3)c12. The van der Waals surface area contributed by atoms with E-state index in [0.717, 1.165) is 56.6 Å². The topological polar surface area (TPSA) is 74.0 Å². The molecule has 0 aromatic carbocycles. The number of anilines is 1. The second-order valence-corrected chi connectivity index (χ2v) is 9.17. The van der Waals surface area contributed by atoms with Crippen LogP contribution < -0.4 is 15.8 Å². The second-order valence-electron chi connectivity index (χ2n) is 9.17. The van der Waals surface area contributed by atoms with Crippen molar-refractivity contribution in [3.05, 3.63) is 45.1 Å². The molecule has 2 atom stereocenters. The van der Waals surface area contributed by atoms with E-state index in [2.05, 4.69) is 10.2 Å². The van der Waals surface area contributed by atoms with Crippen molar-refractivity contribution in [3.8, 4) is 0 Å². The van der Waals surface area contributed by atoms with Gasteiger partial charge in [-0.15, -0.1) is 0 Å². The summed E-state index contributed by atoms with van der Waals surface area (Å²) in [7, 11) is 0. The van der Waals surface area contributed by atoms with Gasteiger partial charge in [0.15, 0.2) is 5.82 Å². The highest BCUT2D eigenvalue weighted by molar-refractivity contribution is 5.89. The van der Waals surface area contributed by atoms with Gasteiger partial charge in [0.2, 0.25) is 0 Å². The van der Waals surface area contributed by atoms with Gasteiger partial charge in [0.25, 0.3) is 5.56 Å². The lowest BCUT2D eigenvalue weighted by atomic mass is 9.84. The first-order valence-electron chi connectivity index (χ1n) is 11.0. The van der Waals surface area contributed by atoms with E-state index in [1.165, 1.54) is 29.5 Å². The number of carboxylic acid groups (broad SMARTS) is 1. The molecule has 1 unspecified atom stereocenters. The van der Waals surface area contributed by atoms with Crippen LogP contribution in [0.5, 0.6) is 0 Å². The summed E-state index contributed by atoms with van der Waals surface area (Å²) in [5, 5.41) is 12.9. The molecule has 3 fully saturated rings. The molecule has 2 aliphatic heterocycles. The zero-order chi connectivity index (χ0) is 21.0. The minimum Gasteiger partial charge on any atom is -0.477 e. The minimum atomic E-state index is -1.26. The number of hydrogen-bond donors (Lipinski definition) is 2. The Balaban J connectivity index is 1.63. The van der Waals surface area contributed by atoms with E-state index >= 15 is 4.39 Å². The van der Waals surface area contributed by atoms with E-state index in [0.29, 0.717) is 23.0 Å². The number of carboxylic acids is 1. The van der Waals surface area contributed by atoms with E-state index in [4.69, 9.17) is 0 Å². The van der Waals surface area contributed by atoms with Crippen LogP contribution in [0.25, 0.3) is 5.52 Å². The lowest BCUT2D eigenvalue weighted by Gasteiger charge is -2.38. The van der Waals surface area contributed by atoms with Crippen molar-refractivity contribution in [1.29, 1.82) is 0 Å². The minimum absolute atomic E-state index is 0.245. The van der Waals surface area contributed by atoms with Gasteiger partial charge in [0, 0.05) is 13.1 Å². The highest BCUT2D eigenvalue weighted by atomic mass is 19.1. The average molecular weight is 413 g/mol. The molecule has 1 saturated carbocycles. The van der Waals surface area contributed by atoms with Gasteiger partial charge in [0.1, 0.15) is 5.56 Å². The Morgan fingerprint density at radius 1 is 1.23 bits per heavy atom. The molecule has 0 amide bonds. The first-order chi connectivity index (χ1) is 14.5. The highest BCUT2D eigenvalue weighted by Gasteiger charge is 2.33. The monoisotopic (exact) mass is 413 g/mol. The van der Waals surface area contributed by atoms with E-state index in [1.807, 2.05) is 6.92 Å². The Labute approximate surface area is 174 Å². The molecule has 2 aromatic heterocycles. The summed E-state index contributed by atoms with van der Waals surface area (Å²) in [5.41, 5.74) is 1.93. The van der Waals surface area contributed by atoms with Gasteiger partial charge in [-0.3, -0.25) is 9.20 Å². The maximum atomic E-state index is 15.4. The second kappa shape index (κ2) is 7.38. The molecule has 0 spiro atoms. The molecule has 30 heavy (non-hydrogen) atoms. The van der Waals surface area contributed by atoms with E-state index in [-0.39, 0.29) is 11.5 Å². The number of aryl methyl sites for hydroxylation is 1. The first kappa shape index (κ1) is 19.5. The zero-order valence-electron chi connectivity index (χ0n) is 17.3. The predicted molar refractivity (Wildman–Crippen MR) is 113 cm³/mol. The standard InChI is InChI=1S/C23H28FN3O3/c1-13-20-17(14-4-5-14)9-18(23(29)30)22(28)27(20)12-19(24)21(13)26-8-2-3-16(11-26)15-6-7-25-10-15/h9,12,14-16,25H,2-8,10-11H2,1H3,(H,29,30)/t15?,16-/m1/s1. The molecule has 1 aliphatic carbocycles. The maximum Gasteiger partial charge on any atom is 0.341 e. The van der Waals surface area contributed by atoms with Crippen molar-refractivity contribution in [3.63, 3.8) is 0 Å². The molecular formula is C23H28FN3O3. The number of nitrogens with one attached hydrogen (secondary N) is 1. The molecule has 4 heterocycles. The van der Waals surface area contributed by atoms with Crippen LogP contribution in [0.3, 0.4) is 0 Å². The number of halogens is 1. The normalized spacial score (nSPS) is 24.5. The van der Waals surface area contributed by atoms with Crippen molar-refractivity contribution >= 4 is 17.2 Å². The van der Waals surface area contributed by atoms with Gasteiger partial charge in [-0.05, 0) is 87.1 Å². The Morgan fingerprint density at radius 2 is 2.03 bits per heavy atom. The number of fused-ring (bicyclic) bond motifs is 1. The summed E-state index contributed by atoms with van der Waals surface area (Å²) in [6, 6.07) is 1.52. The third kappa shape index (κ3) is 3.20. The predicted octanol–water partition coefficient (Wildman–Crippen LogP) is 3.15. The highest BCUT2D eigenvalue weighted by Crippen LogP contribution is 2.44. The summed E-state index contributed by atoms with van der Waals surface area (Å²) in [6.07, 6.45) is 6.53. The quantitative estimate of drug-likeness (QED) is 0.806. The molecule has 0 radical (unpaired) electrons. The van der Waals surface area contributed by atoms with Gasteiger partial charge >= 0.3 is 5.97 Å². The lowest BCUT2D eigenvalue weighted by molar-refractivity contribution is 0.0694. The van der Waals surface area contributed by atoms with Gasteiger partial charge in [-0.1, -0.05) is 0 Å². The number of aromatic nitrogens is 1. The molecule has 3 aliphatic rings. The van der Waals surface area contributed by atoms with Crippen LogP contribution in [0.4, 0.5) is 10.1 Å². The number of hydrogen-bond acceptors (Lipinski definition) is 4. The van der Waals surface area contributed by atoms with Crippen LogP contribution in [0.2, 0.25) is 0 Å². The summed E-state index contributed by atoms with van der Waals surface area (Å²) >= 11 is 0. The number of nitrogens with zero attached hydrogens (tertiary/aromatic N) is 2. The molecular weight excluding hydrogens is 385 g/mol. The van der Waals surface area contributed by atoms with Crippen molar-refractivity contribution < 1.29 is 14.3 Å². The zero-order valence-corrected chi connectivity index (χ0v) is 17.3. The number of pyridine rings is 2. The summed E-state index contributed by atoms with van der Waals surface area (Å²) in [4.78, 5) is 26.5. The fraction of sp³-hybridized carbons (Fsp3) is 0.565. The summed E-state index contributed by atoms with van der Waals surface area (Å²) in [6.45, 7) is 5.61. The third-order valence-corrected chi connectivity index (χ3v) is 7.23. The van der Waals surface area contributed by atoms with Gasteiger partial charge in [-0.25, -0.2) is 9.18 Å². The molecule has 5 rings (SSSR count). The number of rotatable bonds is 4. The van der Waals surface area contributed by atoms with Gasteiger partial charge < -0.3 is 15.3 Å². The fourth-order valence-electron chi connectivity index (χ4n) is 5.57. The fourth-order valence-corrected chi connectivity index (χ4v) is 5.57. The molecule has 160 valence electrons. The van der Waals surface area contributed by atoms with Crippen LogP contribution in [-0.4, -0.2) is 41.7 Å². The van der Waals surface area contributed by atoms with E-state index in [1.54, 1.807) is 0 Å². The van der Waals surface area contributed by atoms with Gasteiger partial charge in [-0.2, -0.15) is 0 Å². The Kier molecular flexibility index (Phi) is 4.81. The van der Waals surface area contributed by atoms with E-state index in [9.17, 15) is 14.7 Å². The Hall–Kier alpha value is -2.41. The summed E-state index contributed by atoms with van der Waals surface area (Å²) in [5.74, 6) is -0.281.